The molecule has 0 unspecified atom stereocenters. The first-order valence-corrected chi connectivity index (χ1v) is 29.8. The van der Waals surface area contributed by atoms with Crippen LogP contribution in [-0.2, 0) is 16.6 Å². The summed E-state index contributed by atoms with van der Waals surface area (Å²) in [5.41, 5.74) is 2.50. The standard InChI is InChI=1S/C64H69N5O10/c1-31-20-36-45(41(70)21-31)51(73)47-42-22-34-33(46(47)50(36)72)11-19-65-56(34)66-27-44(71)62-29-59(14-6-7-15-59)25-38(62)35-23-43(61-16-3-2-8-32(61)9-10-40-53(61)68-30-67-40)69-49(35)37-24-63(78-42)54(75)52(74)55(76)64(79-63)48(37)39(62)26-60(57(64)77)18-17-58(28-60)12-4-5-13-58/h11,19-24,30,32,38,44,52,54-55,57,69-71,74-77H,2-10,12-18,25-29H2,1H3,(H,65,66)(H,67,68)/t32-,38-,44+,52-,54-,55+,57+,60-,61-,62+,63-,64+/m1/s1. The molecule has 15 nitrogen and oxygen atoms in total. The van der Waals surface area contributed by atoms with E-state index >= 15 is 9.59 Å². The van der Waals surface area contributed by atoms with Crippen molar-refractivity contribution in [2.45, 2.75) is 189 Å². The minimum atomic E-state index is -2.45. The van der Waals surface area contributed by atoms with Crippen LogP contribution in [0, 0.1) is 34.5 Å². The molecule has 5 saturated carbocycles. The molecule has 18 rings (SSSR count). The van der Waals surface area contributed by atoms with Crippen LogP contribution in [0.15, 0.2) is 60.1 Å². The van der Waals surface area contributed by atoms with Crippen LogP contribution in [0.25, 0.3) is 16.3 Å². The van der Waals surface area contributed by atoms with Gasteiger partial charge in [-0.1, -0.05) is 44.1 Å². The molecule has 9 N–H and O–H groups in total. The van der Waals surface area contributed by atoms with Crippen molar-refractivity contribution < 1.29 is 49.7 Å². The lowest BCUT2D eigenvalue weighted by molar-refractivity contribution is -0.366. The normalized spacial score (nSPS) is 38.6. The Morgan fingerprint density at radius 1 is 0.785 bits per heavy atom. The van der Waals surface area contributed by atoms with Crippen LogP contribution >= 0.6 is 0 Å². The van der Waals surface area contributed by atoms with Gasteiger partial charge in [-0.15, -0.1) is 0 Å². The van der Waals surface area contributed by atoms with Crippen LogP contribution < -0.4 is 10.1 Å². The maximum atomic E-state index is 15.4. The van der Waals surface area contributed by atoms with Crippen molar-refractivity contribution in [3.63, 3.8) is 0 Å². The molecule has 15 heteroatoms. The van der Waals surface area contributed by atoms with Gasteiger partial charge in [0, 0.05) is 62.7 Å². The summed E-state index contributed by atoms with van der Waals surface area (Å²) in [6.07, 6.45) is 15.1. The van der Waals surface area contributed by atoms with E-state index in [9.17, 15) is 30.6 Å². The molecule has 6 spiro atoms. The number of benzene rings is 2. The number of H-pyrrole nitrogens is 2. The van der Waals surface area contributed by atoms with Gasteiger partial charge >= 0.3 is 0 Å². The van der Waals surface area contributed by atoms with E-state index in [1.807, 2.05) is 6.33 Å². The lowest BCUT2D eigenvalue weighted by Crippen LogP contribution is -2.79. The number of aliphatic hydroxyl groups is 5. The summed E-state index contributed by atoms with van der Waals surface area (Å²) in [4.78, 5) is 48.4. The van der Waals surface area contributed by atoms with Gasteiger partial charge in [0.15, 0.2) is 17.5 Å². The second kappa shape index (κ2) is 15.6. The average Bonchev–Trinajstić information content (AvgIpc) is 2.89. The number of hydrogen-bond donors (Lipinski definition) is 9. The van der Waals surface area contributed by atoms with E-state index in [0.29, 0.717) is 64.9 Å². The molecular weight excluding hydrogens is 999 g/mol. The monoisotopic (exact) mass is 1070 g/mol. The summed E-state index contributed by atoms with van der Waals surface area (Å²) in [5, 5.41) is 83.9. The number of aromatic amines is 2. The van der Waals surface area contributed by atoms with Crippen molar-refractivity contribution in [3.05, 3.63) is 116 Å². The maximum absolute atomic E-state index is 15.4. The number of aliphatic hydroxyl groups excluding tert-OH is 5. The van der Waals surface area contributed by atoms with Gasteiger partial charge in [0.1, 0.15) is 29.5 Å². The Bertz CT molecular complexity index is 3640. The van der Waals surface area contributed by atoms with Crippen molar-refractivity contribution >= 4 is 33.7 Å². The number of phenols is 1. The van der Waals surface area contributed by atoms with Gasteiger partial charge < -0.3 is 55.4 Å². The third-order valence-electron chi connectivity index (χ3n) is 23.8. The molecule has 8 bridgehead atoms. The zero-order chi connectivity index (χ0) is 53.5. The number of carbonyl (C=O) groups is 2. The second-order valence-electron chi connectivity index (χ2n) is 27.4. The smallest absolute Gasteiger partial charge is 0.261 e. The third kappa shape index (κ3) is 5.75. The fraction of sp³-hybridized carbons (Fsp3) is 0.562. The number of anilines is 1. The lowest BCUT2D eigenvalue weighted by atomic mass is 9.50. The fourth-order valence-corrected chi connectivity index (χ4v) is 20.7. The van der Waals surface area contributed by atoms with Crippen LogP contribution in [0.2, 0.25) is 0 Å². The number of aryl methyl sites for hydroxylation is 2. The zero-order valence-corrected chi connectivity index (χ0v) is 44.7. The van der Waals surface area contributed by atoms with Gasteiger partial charge in [-0.25, -0.2) is 9.97 Å². The first kappa shape index (κ1) is 48.1. The summed E-state index contributed by atoms with van der Waals surface area (Å²) >= 11 is 0. The molecule has 13 aliphatic rings. The number of imidazole rings is 1. The lowest BCUT2D eigenvalue weighted by Gasteiger charge is -2.64. The molecule has 12 atom stereocenters. The number of aromatic nitrogens is 4. The topological polar surface area (TPSA) is 243 Å². The minimum absolute atomic E-state index is 0.0000628. The van der Waals surface area contributed by atoms with Crippen LogP contribution in [0.1, 0.15) is 194 Å². The Morgan fingerprint density at radius 2 is 1.58 bits per heavy atom. The molecular formula is C64H69N5O10. The molecule has 5 aromatic rings. The molecule has 9 aliphatic carbocycles. The number of carbonyl (C=O) groups excluding carboxylic acids is 2. The number of nitrogens with one attached hydrogen (secondary N) is 3. The molecule has 0 amide bonds. The van der Waals surface area contributed by atoms with Crippen molar-refractivity contribution in [3.8, 4) is 11.5 Å². The molecule has 6 fully saturated rings. The fourth-order valence-electron chi connectivity index (χ4n) is 20.7. The Hall–Kier alpha value is -5.68. The van der Waals surface area contributed by atoms with Crippen LogP contribution in [0.4, 0.5) is 5.82 Å². The molecule has 4 aliphatic heterocycles. The molecule has 2 aromatic carbocycles. The number of phenolic OH excluding ortho intramolecular Hbond substituents is 1. The van der Waals surface area contributed by atoms with Crippen molar-refractivity contribution in [1.29, 1.82) is 0 Å². The zero-order valence-electron chi connectivity index (χ0n) is 44.7. The van der Waals surface area contributed by atoms with Gasteiger partial charge in [0.2, 0.25) is 5.78 Å². The number of hydrogen-bond acceptors (Lipinski definition) is 13. The summed E-state index contributed by atoms with van der Waals surface area (Å²) in [6, 6.07) is 8.69. The first-order chi connectivity index (χ1) is 38.1. The van der Waals surface area contributed by atoms with Gasteiger partial charge in [-0.3, -0.25) is 9.59 Å². The summed E-state index contributed by atoms with van der Waals surface area (Å²) < 4.78 is 15.0. The van der Waals surface area contributed by atoms with Crippen LogP contribution in [0.3, 0.4) is 0 Å². The van der Waals surface area contributed by atoms with Gasteiger partial charge in [0.05, 0.1) is 40.8 Å². The Morgan fingerprint density at radius 3 is 2.41 bits per heavy atom. The predicted molar refractivity (Wildman–Crippen MR) is 290 cm³/mol. The quantitative estimate of drug-likeness (QED) is 0.0751. The highest BCUT2D eigenvalue weighted by Gasteiger charge is 2.77. The third-order valence-corrected chi connectivity index (χ3v) is 23.8. The molecule has 7 heterocycles. The number of fused-ring (bicyclic) bond motifs is 10. The summed E-state index contributed by atoms with van der Waals surface area (Å²) in [7, 11) is 0. The molecule has 0 radical (unpaired) electrons. The number of ether oxygens (including phenoxy) is 2. The highest BCUT2D eigenvalue weighted by Crippen LogP contribution is 2.77. The second-order valence-corrected chi connectivity index (χ2v) is 27.4. The summed E-state index contributed by atoms with van der Waals surface area (Å²) in [6.45, 7) is 1.77. The predicted octanol–water partition coefficient (Wildman–Crippen LogP) is 8.54. The van der Waals surface area contributed by atoms with Gasteiger partial charge in [-0.05, 0) is 178 Å². The molecule has 1 saturated heterocycles. The van der Waals surface area contributed by atoms with Crippen molar-refractivity contribution in [2.75, 3.05) is 11.9 Å². The Balaban J connectivity index is 1.00. The molecule has 3 aromatic heterocycles. The summed E-state index contributed by atoms with van der Waals surface area (Å²) in [5.74, 6) is -3.88. The van der Waals surface area contributed by atoms with E-state index < -0.39 is 69.7 Å². The van der Waals surface area contributed by atoms with E-state index in [4.69, 9.17) is 19.4 Å². The number of pyridine rings is 1. The SMILES string of the molecule is Cc1cc(O)c2c(c1)C(=O)c1c(c3cc4c(nccc14)NC[C@H](O)[C@@]14CC5(CCCC5)C[C@@H]1c1cc([C@@]56CCCC[C@@H]5CCc5[nH]cnc56)[nH]c1C1=C[C@@]5(O3)O[C@@]3(C1=C4C[C@@]1(CCC4(CCCC4)C1)[C@@H]3O)[C@@H](O)[C@H](O)[C@H]5O)C2=O. The van der Waals surface area contributed by atoms with E-state index in [1.165, 1.54) is 6.07 Å². The van der Waals surface area contributed by atoms with E-state index in [1.54, 1.807) is 37.4 Å². The number of nitrogens with zero attached hydrogens (tertiary/aromatic N) is 2. The van der Waals surface area contributed by atoms with Crippen molar-refractivity contribution in [1.82, 2.24) is 19.9 Å². The van der Waals surface area contributed by atoms with Crippen LogP contribution in [0.5, 0.6) is 11.5 Å². The van der Waals surface area contributed by atoms with E-state index in [-0.39, 0.29) is 57.0 Å². The molecule has 410 valence electrons. The first-order valence-electron chi connectivity index (χ1n) is 29.8. The van der Waals surface area contributed by atoms with E-state index in [2.05, 4.69) is 21.4 Å². The number of ketones is 2. The van der Waals surface area contributed by atoms with Gasteiger partial charge in [0.25, 0.3) is 5.79 Å². The van der Waals surface area contributed by atoms with E-state index in [0.717, 1.165) is 137 Å². The Kier molecular flexibility index (Phi) is 9.52. The largest absolute Gasteiger partial charge is 0.507 e. The average molecular weight is 1070 g/mol. The van der Waals surface area contributed by atoms with Crippen molar-refractivity contribution in [2.24, 2.45) is 27.6 Å². The number of aromatic hydroxyl groups is 1. The van der Waals surface area contributed by atoms with Crippen LogP contribution in [-0.4, -0.2) is 111 Å². The maximum Gasteiger partial charge on any atom is 0.261 e. The highest BCUT2D eigenvalue weighted by molar-refractivity contribution is 6.34. The number of rotatable bonds is 1. The Labute approximate surface area is 457 Å². The molecule has 79 heavy (non-hydrogen) atoms. The minimum Gasteiger partial charge on any atom is -0.507 e. The van der Waals surface area contributed by atoms with Gasteiger partial charge in [-0.2, -0.15) is 0 Å². The highest BCUT2D eigenvalue weighted by atomic mass is 16.7.